The van der Waals surface area contributed by atoms with Crippen LogP contribution in [0.2, 0.25) is 0 Å². The summed E-state index contributed by atoms with van der Waals surface area (Å²) in [5, 5.41) is 12.4. The predicted octanol–water partition coefficient (Wildman–Crippen LogP) is 3.69. The maximum Gasteiger partial charge on any atom is 0.277 e. The van der Waals surface area contributed by atoms with Gasteiger partial charge in [-0.15, -0.1) is 11.3 Å². The lowest BCUT2D eigenvalue weighted by atomic mass is 10.1. The summed E-state index contributed by atoms with van der Waals surface area (Å²) in [5.41, 5.74) is 5.80. The second-order valence-corrected chi connectivity index (χ2v) is 7.31. The number of aromatic amines is 1. The lowest BCUT2D eigenvalue weighted by Crippen LogP contribution is -2.12. The van der Waals surface area contributed by atoms with Crippen molar-refractivity contribution in [1.82, 2.24) is 15.2 Å². The van der Waals surface area contributed by atoms with Crippen LogP contribution < -0.4 is 5.32 Å². The van der Waals surface area contributed by atoms with Crippen molar-refractivity contribution < 1.29 is 9.53 Å². The topological polar surface area (TPSA) is 79.9 Å². The first-order valence-electron chi connectivity index (χ1n) is 8.28. The fraction of sp³-hybridized carbons (Fsp3) is 0.278. The number of carbonyl (C=O) groups is 1. The second kappa shape index (κ2) is 5.79. The molecule has 0 bridgehead atoms. The average Bonchev–Trinajstić information content (AvgIpc) is 3.06. The van der Waals surface area contributed by atoms with Gasteiger partial charge >= 0.3 is 0 Å². The molecule has 6 nitrogen and oxygen atoms in total. The molecule has 3 heterocycles. The highest BCUT2D eigenvalue weighted by Crippen LogP contribution is 2.39. The van der Waals surface area contributed by atoms with Crippen molar-refractivity contribution in [3.05, 3.63) is 52.2 Å². The summed E-state index contributed by atoms with van der Waals surface area (Å²) >= 11 is 1.41. The smallest absolute Gasteiger partial charge is 0.277 e. The van der Waals surface area contributed by atoms with Gasteiger partial charge in [0.1, 0.15) is 0 Å². The fourth-order valence-electron chi connectivity index (χ4n) is 3.01. The highest BCUT2D eigenvalue weighted by atomic mass is 32.1. The average molecular weight is 352 g/mol. The maximum atomic E-state index is 12.3. The fourth-order valence-corrected chi connectivity index (χ4v) is 3.73. The summed E-state index contributed by atoms with van der Waals surface area (Å²) in [6, 6.07) is 8.07. The van der Waals surface area contributed by atoms with Crippen LogP contribution in [0.4, 0.5) is 5.13 Å². The number of amides is 1. The predicted molar refractivity (Wildman–Crippen MR) is 94.6 cm³/mol. The third-order valence-corrected chi connectivity index (χ3v) is 5.35. The molecular weight excluding hydrogens is 336 g/mol. The van der Waals surface area contributed by atoms with Gasteiger partial charge in [-0.2, -0.15) is 5.10 Å². The first-order valence-corrected chi connectivity index (χ1v) is 9.16. The molecule has 1 aliphatic heterocycles. The number of benzene rings is 1. The Balaban J connectivity index is 1.32. The number of fused-ring (bicyclic) bond motifs is 1. The van der Waals surface area contributed by atoms with E-state index in [9.17, 15) is 4.79 Å². The molecule has 25 heavy (non-hydrogen) atoms. The minimum absolute atomic E-state index is 0.230. The second-order valence-electron chi connectivity index (χ2n) is 6.45. The van der Waals surface area contributed by atoms with Crippen molar-refractivity contribution in [3.63, 3.8) is 0 Å². The molecule has 1 amide bonds. The minimum atomic E-state index is -0.230. The van der Waals surface area contributed by atoms with E-state index >= 15 is 0 Å². The molecule has 0 unspecified atom stereocenters. The summed E-state index contributed by atoms with van der Waals surface area (Å²) in [5.74, 6) is 0.315. The van der Waals surface area contributed by atoms with E-state index < -0.39 is 0 Å². The van der Waals surface area contributed by atoms with Crippen molar-refractivity contribution in [2.24, 2.45) is 0 Å². The summed E-state index contributed by atoms with van der Waals surface area (Å²) in [7, 11) is 0. The zero-order valence-corrected chi connectivity index (χ0v) is 14.2. The van der Waals surface area contributed by atoms with E-state index in [-0.39, 0.29) is 5.91 Å². The third-order valence-electron chi connectivity index (χ3n) is 4.59. The molecule has 3 aromatic rings. The quantitative estimate of drug-likeness (QED) is 0.750. The summed E-state index contributed by atoms with van der Waals surface area (Å²) in [6.45, 7) is 1.33. The summed E-state index contributed by atoms with van der Waals surface area (Å²) in [6.07, 6.45) is 2.34. The van der Waals surface area contributed by atoms with Gasteiger partial charge in [0, 0.05) is 22.6 Å². The van der Waals surface area contributed by atoms with Gasteiger partial charge in [0.05, 0.1) is 18.9 Å². The Labute approximate surface area is 148 Å². The Bertz CT molecular complexity index is 958. The molecule has 126 valence electrons. The maximum absolute atomic E-state index is 12.3. The van der Waals surface area contributed by atoms with Crippen LogP contribution in [-0.4, -0.2) is 21.1 Å². The van der Waals surface area contributed by atoms with Gasteiger partial charge < -0.3 is 4.74 Å². The zero-order valence-electron chi connectivity index (χ0n) is 13.4. The third kappa shape index (κ3) is 2.85. The van der Waals surface area contributed by atoms with Crippen molar-refractivity contribution in [1.29, 1.82) is 0 Å². The molecule has 2 aromatic heterocycles. The van der Waals surface area contributed by atoms with Crippen LogP contribution in [-0.2, 0) is 18.0 Å². The number of rotatable bonds is 4. The summed E-state index contributed by atoms with van der Waals surface area (Å²) in [4.78, 5) is 16.9. The number of H-pyrrole nitrogens is 1. The Morgan fingerprint density at radius 3 is 3.00 bits per heavy atom. The van der Waals surface area contributed by atoms with Crippen LogP contribution in [0, 0.1) is 0 Å². The van der Waals surface area contributed by atoms with Crippen LogP contribution in [0.3, 0.4) is 0 Å². The van der Waals surface area contributed by atoms with Gasteiger partial charge in [0.15, 0.2) is 10.8 Å². The molecule has 0 spiro atoms. The zero-order chi connectivity index (χ0) is 16.8. The molecule has 7 heteroatoms. The van der Waals surface area contributed by atoms with Gasteiger partial charge in [-0.1, -0.05) is 12.1 Å². The number of ether oxygens (including phenoxy) is 1. The van der Waals surface area contributed by atoms with Crippen molar-refractivity contribution in [2.75, 3.05) is 5.32 Å². The number of nitrogens with zero attached hydrogens (tertiary/aromatic N) is 2. The lowest BCUT2D eigenvalue weighted by molar-refractivity contribution is 0.102. The van der Waals surface area contributed by atoms with Gasteiger partial charge in [-0.05, 0) is 36.1 Å². The number of thiazole rings is 1. The first kappa shape index (κ1) is 14.8. The highest BCUT2D eigenvalue weighted by Gasteiger charge is 2.26. The number of aromatic nitrogens is 3. The molecular formula is C18H16N4O2S. The molecule has 1 aromatic carbocycles. The largest absolute Gasteiger partial charge is 0.372 e. The Morgan fingerprint density at radius 2 is 2.12 bits per heavy atom. The normalized spacial score (nSPS) is 16.0. The van der Waals surface area contributed by atoms with E-state index in [2.05, 4.69) is 32.6 Å². The monoisotopic (exact) mass is 352 g/mol. The van der Waals surface area contributed by atoms with Crippen molar-refractivity contribution in [2.45, 2.75) is 32.0 Å². The van der Waals surface area contributed by atoms with Crippen LogP contribution in [0.25, 0.3) is 11.3 Å². The molecule has 0 radical (unpaired) electrons. The van der Waals surface area contributed by atoms with E-state index in [4.69, 9.17) is 4.74 Å². The molecule has 0 saturated heterocycles. The van der Waals surface area contributed by atoms with E-state index in [1.807, 2.05) is 17.5 Å². The number of hydrogen-bond donors (Lipinski definition) is 2. The van der Waals surface area contributed by atoms with Gasteiger partial charge in [-0.25, -0.2) is 4.98 Å². The molecule has 5 rings (SSSR count). The van der Waals surface area contributed by atoms with Crippen LogP contribution in [0.15, 0.2) is 29.6 Å². The lowest BCUT2D eigenvalue weighted by Gasteiger charge is -2.01. The van der Waals surface area contributed by atoms with Gasteiger partial charge in [-0.3, -0.25) is 15.2 Å². The Kier molecular flexibility index (Phi) is 3.43. The molecule has 2 N–H and O–H groups in total. The van der Waals surface area contributed by atoms with Gasteiger partial charge in [0.25, 0.3) is 5.91 Å². The molecule has 2 aliphatic rings. The number of nitrogens with one attached hydrogen (secondary N) is 2. The first-order chi connectivity index (χ1) is 12.3. The molecule has 0 atom stereocenters. The highest BCUT2D eigenvalue weighted by molar-refractivity contribution is 7.14. The van der Waals surface area contributed by atoms with Crippen LogP contribution in [0.5, 0.6) is 0 Å². The standard InChI is InChI=1S/C18H16N4O2S/c23-17(15-6-14(21-22-15)10-1-2-10)20-18-19-16(9-25-18)11-3-4-12-7-24-8-13(12)5-11/h3-6,9-10H,1-2,7-8H2,(H,21,22)(H,19,20,23). The van der Waals surface area contributed by atoms with E-state index in [0.29, 0.717) is 30.0 Å². The van der Waals surface area contributed by atoms with E-state index in [1.165, 1.54) is 35.3 Å². The molecule has 1 aliphatic carbocycles. The van der Waals surface area contributed by atoms with Crippen molar-refractivity contribution in [3.8, 4) is 11.3 Å². The van der Waals surface area contributed by atoms with Gasteiger partial charge in [0.2, 0.25) is 0 Å². The minimum Gasteiger partial charge on any atom is -0.372 e. The van der Waals surface area contributed by atoms with E-state index in [1.54, 1.807) is 0 Å². The Hall–Kier alpha value is -2.51. The van der Waals surface area contributed by atoms with E-state index in [0.717, 1.165) is 17.0 Å². The Morgan fingerprint density at radius 1 is 1.24 bits per heavy atom. The van der Waals surface area contributed by atoms with Crippen molar-refractivity contribution >= 4 is 22.4 Å². The number of anilines is 1. The van der Waals surface area contributed by atoms with Crippen LogP contribution >= 0.6 is 11.3 Å². The molecule has 1 fully saturated rings. The summed E-state index contributed by atoms with van der Waals surface area (Å²) < 4.78 is 5.45. The SMILES string of the molecule is O=C(Nc1nc(-c2ccc3c(c2)COC3)cs1)c1cc(C2CC2)[nH]n1. The van der Waals surface area contributed by atoms with Crippen LogP contribution in [0.1, 0.15) is 46.1 Å². The number of hydrogen-bond acceptors (Lipinski definition) is 5. The molecule has 1 saturated carbocycles. The number of carbonyl (C=O) groups excluding carboxylic acids is 1.